The molecule has 13 nitrogen and oxygen atoms in total. The molecule has 1 heterocycles. The molecule has 0 N–H and O–H groups in total. The summed E-state index contributed by atoms with van der Waals surface area (Å²) in [5.74, 6) is -0.787. The van der Waals surface area contributed by atoms with E-state index in [0.717, 1.165) is 129 Å². The fourth-order valence-corrected chi connectivity index (χ4v) is 7.69. The Morgan fingerprint density at radius 1 is 0.406 bits per heavy atom. The van der Waals surface area contributed by atoms with Crippen molar-refractivity contribution >= 4 is 23.9 Å². The third-order valence-corrected chi connectivity index (χ3v) is 11.6. The number of nitrogens with zero attached hydrogens (tertiary/aromatic N) is 2. The highest BCUT2D eigenvalue weighted by Crippen LogP contribution is 2.29. The number of unbranched alkanes of at least 4 members (excludes halogenated alkanes) is 20. The topological polar surface area (TPSA) is 139 Å². The van der Waals surface area contributed by atoms with Crippen LogP contribution in [0.5, 0.6) is 0 Å². The predicted octanol–water partition coefficient (Wildman–Crippen LogP) is 10.5. The van der Waals surface area contributed by atoms with E-state index in [1.165, 1.54) is 38.5 Å². The molecule has 1 saturated heterocycles. The third-order valence-electron chi connectivity index (χ3n) is 11.6. The minimum absolute atomic E-state index is 0.00742. The number of rotatable bonds is 45. The van der Waals surface area contributed by atoms with Crippen LogP contribution in [0.2, 0.25) is 0 Å². The summed E-state index contributed by atoms with van der Waals surface area (Å²) >= 11 is 0. The van der Waals surface area contributed by atoms with Crippen LogP contribution in [0, 0.1) is 0 Å². The Hall–Kier alpha value is -2.32. The van der Waals surface area contributed by atoms with Crippen LogP contribution >= 0.6 is 0 Å². The molecule has 64 heavy (non-hydrogen) atoms. The average Bonchev–Trinajstić information content (AvgIpc) is 3.57. The van der Waals surface area contributed by atoms with E-state index >= 15 is 0 Å². The van der Waals surface area contributed by atoms with Gasteiger partial charge >= 0.3 is 23.9 Å². The second-order valence-electron chi connectivity index (χ2n) is 18.4. The second-order valence-corrected chi connectivity index (χ2v) is 18.4. The number of ether oxygens (including phenoxy) is 7. The Labute approximate surface area is 390 Å². The molecule has 0 amide bonds. The average molecular weight is 913 g/mol. The quantitative estimate of drug-likeness (QED) is 0.0326. The van der Waals surface area contributed by atoms with Gasteiger partial charge in [0.1, 0.15) is 24.9 Å². The largest absolute Gasteiger partial charge is 0.466 e. The number of esters is 4. The van der Waals surface area contributed by atoms with E-state index in [1.807, 2.05) is 38.0 Å². The molecular formula is C51H96N2O11. The van der Waals surface area contributed by atoms with E-state index < -0.39 is 24.6 Å². The van der Waals surface area contributed by atoms with Crippen molar-refractivity contribution in [2.75, 3.05) is 74.3 Å². The van der Waals surface area contributed by atoms with Crippen LogP contribution in [0.3, 0.4) is 0 Å². The fourth-order valence-electron chi connectivity index (χ4n) is 7.69. The Morgan fingerprint density at radius 3 is 1.22 bits per heavy atom. The van der Waals surface area contributed by atoms with Crippen LogP contribution in [0.4, 0.5) is 0 Å². The van der Waals surface area contributed by atoms with Crippen molar-refractivity contribution in [1.82, 2.24) is 9.80 Å². The molecule has 1 aliphatic rings. The van der Waals surface area contributed by atoms with Gasteiger partial charge in [-0.1, -0.05) is 129 Å². The van der Waals surface area contributed by atoms with Gasteiger partial charge in [-0.05, 0) is 92.6 Å². The van der Waals surface area contributed by atoms with Crippen molar-refractivity contribution in [3.8, 4) is 0 Å². The zero-order chi connectivity index (χ0) is 46.9. The molecule has 0 aromatic rings. The number of carbonyl (C=O) groups excluding carboxylic acids is 4. The van der Waals surface area contributed by atoms with Crippen molar-refractivity contribution in [1.29, 1.82) is 0 Å². The fraction of sp³-hybridized carbons (Fsp3) is 0.922. The lowest BCUT2D eigenvalue weighted by atomic mass is 10.1. The van der Waals surface area contributed by atoms with Gasteiger partial charge in [0.15, 0.2) is 0 Å². The van der Waals surface area contributed by atoms with Gasteiger partial charge in [0.2, 0.25) is 6.29 Å². The molecule has 0 aromatic heterocycles. The molecule has 0 bridgehead atoms. The van der Waals surface area contributed by atoms with Gasteiger partial charge in [0.05, 0.1) is 13.2 Å². The SMILES string of the molecule is CCCCCCCC(=O)OCCCCCCCCCO[C@@H]1[C@H](OC(=O)CCCN(C)C)O[C@H](COC(=O)CCCN(C)C)[C@@H]1OCCCCCCCCCOC(=O)CCCCCCC. The van der Waals surface area contributed by atoms with E-state index in [2.05, 4.69) is 13.8 Å². The smallest absolute Gasteiger partial charge is 0.308 e. The number of carbonyl (C=O) groups is 4. The summed E-state index contributed by atoms with van der Waals surface area (Å²) in [5, 5.41) is 0. The lowest BCUT2D eigenvalue weighted by Crippen LogP contribution is -2.41. The van der Waals surface area contributed by atoms with E-state index in [1.54, 1.807) is 0 Å². The van der Waals surface area contributed by atoms with E-state index in [0.29, 0.717) is 58.5 Å². The van der Waals surface area contributed by atoms with Crippen LogP contribution in [-0.4, -0.2) is 133 Å². The number of hydrogen-bond acceptors (Lipinski definition) is 13. The molecule has 0 unspecified atom stereocenters. The maximum atomic E-state index is 13.0. The summed E-state index contributed by atoms with van der Waals surface area (Å²) in [6, 6.07) is 0. The van der Waals surface area contributed by atoms with Crippen molar-refractivity contribution in [2.45, 2.75) is 231 Å². The normalized spacial score (nSPS) is 17.3. The lowest BCUT2D eigenvalue weighted by molar-refractivity contribution is -0.197. The highest BCUT2D eigenvalue weighted by Gasteiger charge is 2.49. The predicted molar refractivity (Wildman–Crippen MR) is 254 cm³/mol. The summed E-state index contributed by atoms with van der Waals surface area (Å²) in [4.78, 5) is 53.7. The summed E-state index contributed by atoms with van der Waals surface area (Å²) in [6.45, 7) is 7.88. The van der Waals surface area contributed by atoms with Gasteiger partial charge in [0.25, 0.3) is 0 Å². The Kier molecular flexibility index (Phi) is 39.2. The van der Waals surface area contributed by atoms with Gasteiger partial charge in [-0.15, -0.1) is 0 Å². The van der Waals surface area contributed by atoms with E-state index in [9.17, 15) is 19.2 Å². The molecule has 0 aliphatic carbocycles. The van der Waals surface area contributed by atoms with E-state index in [-0.39, 0.29) is 36.9 Å². The van der Waals surface area contributed by atoms with Gasteiger partial charge in [0, 0.05) is 38.9 Å². The maximum absolute atomic E-state index is 13.0. The molecule has 4 atom stereocenters. The van der Waals surface area contributed by atoms with Crippen molar-refractivity contribution < 1.29 is 52.3 Å². The minimum Gasteiger partial charge on any atom is -0.466 e. The van der Waals surface area contributed by atoms with Crippen LogP contribution in [-0.2, 0) is 52.3 Å². The second kappa shape index (κ2) is 42.1. The summed E-state index contributed by atoms with van der Waals surface area (Å²) in [6.07, 6.45) is 25.6. The Balaban J connectivity index is 2.62. The first kappa shape index (κ1) is 59.7. The molecule has 0 spiro atoms. The molecular weight excluding hydrogens is 817 g/mol. The van der Waals surface area contributed by atoms with Crippen LogP contribution in [0.15, 0.2) is 0 Å². The molecule has 1 aliphatic heterocycles. The maximum Gasteiger partial charge on any atom is 0.308 e. The lowest BCUT2D eigenvalue weighted by Gasteiger charge is -2.24. The van der Waals surface area contributed by atoms with E-state index in [4.69, 9.17) is 33.2 Å². The van der Waals surface area contributed by atoms with Crippen molar-refractivity contribution in [2.24, 2.45) is 0 Å². The minimum atomic E-state index is -0.963. The van der Waals surface area contributed by atoms with Crippen molar-refractivity contribution in [3.05, 3.63) is 0 Å². The highest BCUT2D eigenvalue weighted by molar-refractivity contribution is 5.70. The monoisotopic (exact) mass is 913 g/mol. The first-order valence-electron chi connectivity index (χ1n) is 25.9. The van der Waals surface area contributed by atoms with Crippen LogP contribution < -0.4 is 0 Å². The summed E-state index contributed by atoms with van der Waals surface area (Å²) in [7, 11) is 7.89. The molecule has 1 rings (SSSR count). The van der Waals surface area contributed by atoms with Gasteiger partial charge in [-0.3, -0.25) is 19.2 Å². The molecule has 376 valence electrons. The van der Waals surface area contributed by atoms with Gasteiger partial charge in [-0.2, -0.15) is 0 Å². The first-order chi connectivity index (χ1) is 31.1. The molecule has 0 saturated carbocycles. The zero-order valence-electron chi connectivity index (χ0n) is 41.9. The first-order valence-corrected chi connectivity index (χ1v) is 25.9. The Bertz CT molecular complexity index is 1140. The van der Waals surface area contributed by atoms with Gasteiger partial charge < -0.3 is 43.0 Å². The van der Waals surface area contributed by atoms with Gasteiger partial charge in [-0.25, -0.2) is 0 Å². The van der Waals surface area contributed by atoms with Crippen LogP contribution in [0.1, 0.15) is 206 Å². The molecule has 13 heteroatoms. The summed E-state index contributed by atoms with van der Waals surface area (Å²) in [5.41, 5.74) is 0. The number of hydrogen-bond donors (Lipinski definition) is 0. The third kappa shape index (κ3) is 34.9. The van der Waals surface area contributed by atoms with Crippen LogP contribution in [0.25, 0.3) is 0 Å². The standard InChI is InChI=1S/C51H96N2O11/c1-7-9-11-19-25-33-45(54)58-39-27-21-15-13-17-23-29-41-60-49-44(43-62-47(56)35-31-37-52(3)4)63-51(64-48(57)36-32-38-53(5)6)50(49)61-42-30-24-18-14-16-22-28-40-59-46(55)34-26-20-12-10-8-2/h44,49-51H,7-43H2,1-6H3/t44-,49+,50+,51+/m1/s1. The molecule has 0 radical (unpaired) electrons. The summed E-state index contributed by atoms with van der Waals surface area (Å²) < 4.78 is 41.7. The van der Waals surface area contributed by atoms with Crippen molar-refractivity contribution in [3.63, 3.8) is 0 Å². The zero-order valence-corrected chi connectivity index (χ0v) is 41.9. The Morgan fingerprint density at radius 2 is 0.766 bits per heavy atom. The molecule has 0 aromatic carbocycles. The molecule has 1 fully saturated rings. The highest BCUT2D eigenvalue weighted by atomic mass is 16.7.